The van der Waals surface area contributed by atoms with Crippen LogP contribution in [0.4, 0.5) is 0 Å². The monoisotopic (exact) mass is 671 g/mol. The van der Waals surface area contributed by atoms with E-state index in [2.05, 4.69) is 62.5 Å². The molecule has 0 bridgehead atoms. The summed E-state index contributed by atoms with van der Waals surface area (Å²) < 4.78 is 5.73. The van der Waals surface area contributed by atoms with Gasteiger partial charge in [0.05, 0.1) is 0 Å². The fourth-order valence-corrected chi connectivity index (χ4v) is 5.98. The first-order valence-corrected chi connectivity index (χ1v) is 20.6. The van der Waals surface area contributed by atoms with Crippen molar-refractivity contribution in [3.63, 3.8) is 0 Å². The number of aliphatic carboxylic acids is 1. The summed E-state index contributed by atoms with van der Waals surface area (Å²) in [6.07, 6.45) is 52.7. The highest BCUT2D eigenvalue weighted by Gasteiger charge is 2.15. The summed E-state index contributed by atoms with van der Waals surface area (Å²) in [4.78, 5) is 23.6. The lowest BCUT2D eigenvalue weighted by molar-refractivity contribution is -0.151. The van der Waals surface area contributed by atoms with Crippen molar-refractivity contribution >= 4 is 11.9 Å². The fourth-order valence-electron chi connectivity index (χ4n) is 5.98. The third kappa shape index (κ3) is 38.3. The van der Waals surface area contributed by atoms with E-state index < -0.39 is 5.97 Å². The van der Waals surface area contributed by atoms with E-state index in [1.807, 2.05) is 0 Å². The molecule has 0 aliphatic heterocycles. The Bertz CT molecular complexity index is 809. The number of carbonyl (C=O) groups excluding carboxylic acids is 1. The standard InChI is InChI=1S/C44H78O4/c1-3-5-7-9-11-13-15-17-19-21-22-23-25-27-29-31-33-35-37-39-44(47)48-42(40-41-43(45)46)38-36-34-32-30-28-26-24-20-18-16-14-12-10-8-6-4-2/h11,13,17,19,22-23,27,29,42H,3-10,12,14-16,18,20-21,24-26,28,30-41H2,1-2H3,(H,45,46)/b13-11-,19-17-,23-22-,29-27-. The predicted molar refractivity (Wildman–Crippen MR) is 209 cm³/mol. The van der Waals surface area contributed by atoms with E-state index in [1.54, 1.807) is 0 Å². The molecule has 48 heavy (non-hydrogen) atoms. The molecule has 0 heterocycles. The van der Waals surface area contributed by atoms with Crippen molar-refractivity contribution in [3.8, 4) is 0 Å². The van der Waals surface area contributed by atoms with Gasteiger partial charge in [0.15, 0.2) is 0 Å². The van der Waals surface area contributed by atoms with Crippen molar-refractivity contribution in [2.45, 2.75) is 219 Å². The van der Waals surface area contributed by atoms with Gasteiger partial charge < -0.3 is 9.84 Å². The number of hydrogen-bond acceptors (Lipinski definition) is 3. The lowest BCUT2D eigenvalue weighted by Crippen LogP contribution is -2.19. The zero-order valence-corrected chi connectivity index (χ0v) is 31.8. The van der Waals surface area contributed by atoms with Gasteiger partial charge in [-0.1, -0.05) is 178 Å². The Balaban J connectivity index is 3.81. The molecule has 0 rings (SSSR count). The van der Waals surface area contributed by atoms with E-state index in [0.29, 0.717) is 12.8 Å². The topological polar surface area (TPSA) is 63.6 Å². The van der Waals surface area contributed by atoms with E-state index in [0.717, 1.165) is 64.2 Å². The smallest absolute Gasteiger partial charge is 0.306 e. The van der Waals surface area contributed by atoms with Crippen molar-refractivity contribution in [1.29, 1.82) is 0 Å². The highest BCUT2D eigenvalue weighted by Crippen LogP contribution is 2.17. The Hall–Kier alpha value is -2.10. The molecule has 0 radical (unpaired) electrons. The Labute approximate surface area is 298 Å². The zero-order chi connectivity index (χ0) is 35.0. The third-order valence-electron chi connectivity index (χ3n) is 9.07. The zero-order valence-electron chi connectivity index (χ0n) is 31.8. The number of carboxylic acid groups (broad SMARTS) is 1. The third-order valence-corrected chi connectivity index (χ3v) is 9.07. The van der Waals surface area contributed by atoms with Crippen LogP contribution in [0.1, 0.15) is 213 Å². The van der Waals surface area contributed by atoms with Crippen molar-refractivity contribution in [2.75, 3.05) is 0 Å². The molecule has 0 saturated heterocycles. The lowest BCUT2D eigenvalue weighted by Gasteiger charge is -2.17. The maximum Gasteiger partial charge on any atom is 0.306 e. The van der Waals surface area contributed by atoms with Crippen LogP contribution < -0.4 is 0 Å². The lowest BCUT2D eigenvalue weighted by atomic mass is 10.0. The summed E-state index contributed by atoms with van der Waals surface area (Å²) in [6.45, 7) is 4.52. The number of hydrogen-bond donors (Lipinski definition) is 1. The molecular formula is C44H78O4. The van der Waals surface area contributed by atoms with Crippen LogP contribution in [0.5, 0.6) is 0 Å². The molecule has 0 aromatic carbocycles. The number of ether oxygens (including phenoxy) is 1. The average Bonchev–Trinajstić information content (AvgIpc) is 3.07. The highest BCUT2D eigenvalue weighted by molar-refractivity contribution is 5.69. The van der Waals surface area contributed by atoms with Gasteiger partial charge in [0.25, 0.3) is 0 Å². The molecule has 0 aliphatic rings. The van der Waals surface area contributed by atoms with Gasteiger partial charge in [0, 0.05) is 12.8 Å². The molecule has 1 N–H and O–H groups in total. The Kier molecular flexibility index (Phi) is 37.6. The summed E-state index contributed by atoms with van der Waals surface area (Å²) in [6, 6.07) is 0. The van der Waals surface area contributed by atoms with Gasteiger partial charge in [-0.2, -0.15) is 0 Å². The molecule has 0 aliphatic carbocycles. The molecule has 4 heteroatoms. The number of esters is 1. The number of unbranched alkanes of at least 4 members (excludes halogenated alkanes) is 21. The summed E-state index contributed by atoms with van der Waals surface area (Å²) in [5.41, 5.74) is 0. The second-order valence-electron chi connectivity index (χ2n) is 13.8. The summed E-state index contributed by atoms with van der Waals surface area (Å²) in [5.74, 6) is -0.987. The molecule has 0 saturated carbocycles. The largest absolute Gasteiger partial charge is 0.481 e. The number of rotatable bonds is 37. The maximum atomic E-state index is 12.5. The van der Waals surface area contributed by atoms with Crippen molar-refractivity contribution in [3.05, 3.63) is 48.6 Å². The quantitative estimate of drug-likeness (QED) is 0.0406. The van der Waals surface area contributed by atoms with E-state index in [9.17, 15) is 9.59 Å². The van der Waals surface area contributed by atoms with Gasteiger partial charge in [0.2, 0.25) is 0 Å². The molecule has 0 aromatic rings. The minimum absolute atomic E-state index is 0.0614. The van der Waals surface area contributed by atoms with Crippen LogP contribution in [-0.2, 0) is 14.3 Å². The first-order chi connectivity index (χ1) is 23.6. The van der Waals surface area contributed by atoms with Crippen molar-refractivity contribution < 1.29 is 19.4 Å². The van der Waals surface area contributed by atoms with Crippen LogP contribution in [0.15, 0.2) is 48.6 Å². The number of carbonyl (C=O) groups is 2. The van der Waals surface area contributed by atoms with E-state index in [1.165, 1.54) is 116 Å². The highest BCUT2D eigenvalue weighted by atomic mass is 16.5. The second-order valence-corrected chi connectivity index (χ2v) is 13.8. The molecule has 1 atom stereocenters. The Morgan fingerprint density at radius 1 is 0.458 bits per heavy atom. The summed E-state index contributed by atoms with van der Waals surface area (Å²) in [7, 11) is 0. The van der Waals surface area contributed by atoms with Gasteiger partial charge >= 0.3 is 11.9 Å². The van der Waals surface area contributed by atoms with Gasteiger partial charge in [0.1, 0.15) is 6.10 Å². The van der Waals surface area contributed by atoms with Crippen LogP contribution >= 0.6 is 0 Å². The normalized spacial score (nSPS) is 12.7. The van der Waals surface area contributed by atoms with Crippen LogP contribution in [0.2, 0.25) is 0 Å². The van der Waals surface area contributed by atoms with Crippen LogP contribution in [0.25, 0.3) is 0 Å². The molecule has 0 fully saturated rings. The minimum atomic E-state index is -0.820. The first-order valence-electron chi connectivity index (χ1n) is 20.6. The van der Waals surface area contributed by atoms with Gasteiger partial charge in [-0.05, 0) is 70.6 Å². The van der Waals surface area contributed by atoms with Gasteiger partial charge in [-0.15, -0.1) is 0 Å². The van der Waals surface area contributed by atoms with E-state index >= 15 is 0 Å². The first kappa shape index (κ1) is 45.9. The number of carboxylic acids is 1. The molecule has 0 amide bonds. The predicted octanol–water partition coefficient (Wildman–Crippen LogP) is 14.3. The van der Waals surface area contributed by atoms with Crippen LogP contribution in [0, 0.1) is 0 Å². The van der Waals surface area contributed by atoms with Crippen LogP contribution in [-0.4, -0.2) is 23.1 Å². The SMILES string of the molecule is CCCCC/C=C\C/C=C\C/C=C\C/C=C\CCCCCC(=O)OC(CCCCCCCCCCCCCCCCCC)CCC(=O)O. The Morgan fingerprint density at radius 3 is 1.29 bits per heavy atom. The second kappa shape index (κ2) is 39.3. The molecule has 0 aromatic heterocycles. The fraction of sp³-hybridized carbons (Fsp3) is 0.773. The number of allylic oxidation sites excluding steroid dienone is 8. The average molecular weight is 671 g/mol. The van der Waals surface area contributed by atoms with Crippen molar-refractivity contribution in [1.82, 2.24) is 0 Å². The van der Waals surface area contributed by atoms with Gasteiger partial charge in [-0.3, -0.25) is 9.59 Å². The summed E-state index contributed by atoms with van der Waals surface area (Å²) >= 11 is 0. The molecule has 278 valence electrons. The maximum absolute atomic E-state index is 12.5. The van der Waals surface area contributed by atoms with E-state index in [-0.39, 0.29) is 18.5 Å². The van der Waals surface area contributed by atoms with Gasteiger partial charge in [-0.25, -0.2) is 0 Å². The molecular weight excluding hydrogens is 592 g/mol. The molecule has 1 unspecified atom stereocenters. The van der Waals surface area contributed by atoms with Crippen molar-refractivity contribution in [2.24, 2.45) is 0 Å². The molecule has 0 spiro atoms. The van der Waals surface area contributed by atoms with Crippen LogP contribution in [0.3, 0.4) is 0 Å². The van der Waals surface area contributed by atoms with E-state index in [4.69, 9.17) is 9.84 Å². The minimum Gasteiger partial charge on any atom is -0.481 e. The molecule has 4 nitrogen and oxygen atoms in total. The Morgan fingerprint density at radius 2 is 0.833 bits per heavy atom. The summed E-state index contributed by atoms with van der Waals surface area (Å²) in [5, 5.41) is 9.13.